The number of ketones is 1. The van der Waals surface area contributed by atoms with Crippen LogP contribution in [0.5, 0.6) is 11.5 Å². The molecule has 1 amide bonds. The summed E-state index contributed by atoms with van der Waals surface area (Å²) in [6, 6.07) is 8.40. The minimum absolute atomic E-state index is 0.0261. The molecule has 0 spiro atoms. The van der Waals surface area contributed by atoms with Crippen molar-refractivity contribution < 1.29 is 24.2 Å². The number of imidazole rings is 1. The SMILES string of the molecule is CCOc1ccc(C2/C(=C(\O)c3nc4c(C)cccn4c3C)C(=O)C(=O)N2CCCN(CC)CC)cc1OC. The fourth-order valence-electron chi connectivity index (χ4n) is 5.26. The van der Waals surface area contributed by atoms with E-state index in [1.54, 1.807) is 24.1 Å². The molecule has 0 aliphatic carbocycles. The zero-order chi connectivity index (χ0) is 28.3. The number of carbonyl (C=O) groups is 2. The number of rotatable bonds is 11. The first-order valence-electron chi connectivity index (χ1n) is 13.5. The molecule has 1 saturated heterocycles. The number of hydrogen-bond acceptors (Lipinski definition) is 7. The second-order valence-electron chi connectivity index (χ2n) is 9.65. The number of ether oxygens (including phenoxy) is 2. The lowest BCUT2D eigenvalue weighted by Gasteiger charge is -2.27. The maximum atomic E-state index is 13.5. The summed E-state index contributed by atoms with van der Waals surface area (Å²) in [6.45, 7) is 13.3. The summed E-state index contributed by atoms with van der Waals surface area (Å²) in [5.41, 5.74) is 3.26. The minimum atomic E-state index is -0.795. The molecule has 1 aliphatic heterocycles. The molecular formula is C30H38N4O5. The molecule has 3 heterocycles. The molecule has 1 N–H and O–H groups in total. The van der Waals surface area contributed by atoms with Gasteiger partial charge in [-0.1, -0.05) is 26.0 Å². The summed E-state index contributed by atoms with van der Waals surface area (Å²) in [7, 11) is 1.55. The van der Waals surface area contributed by atoms with Crippen LogP contribution in [-0.4, -0.2) is 75.9 Å². The van der Waals surface area contributed by atoms with Crippen molar-refractivity contribution in [2.75, 3.05) is 39.9 Å². The second kappa shape index (κ2) is 11.9. The molecular weight excluding hydrogens is 496 g/mol. The van der Waals surface area contributed by atoms with Crippen molar-refractivity contribution in [3.8, 4) is 11.5 Å². The average Bonchev–Trinajstić information content (AvgIpc) is 3.41. The van der Waals surface area contributed by atoms with Crippen LogP contribution in [0.1, 0.15) is 55.7 Å². The summed E-state index contributed by atoms with van der Waals surface area (Å²) >= 11 is 0. The van der Waals surface area contributed by atoms with E-state index in [0.29, 0.717) is 48.0 Å². The van der Waals surface area contributed by atoms with E-state index < -0.39 is 17.7 Å². The van der Waals surface area contributed by atoms with Crippen LogP contribution in [0.3, 0.4) is 0 Å². The van der Waals surface area contributed by atoms with Gasteiger partial charge in [0, 0.05) is 12.7 Å². The van der Waals surface area contributed by atoms with E-state index in [2.05, 4.69) is 23.7 Å². The number of aryl methyl sites for hydroxylation is 2. The van der Waals surface area contributed by atoms with Gasteiger partial charge in [-0.05, 0) is 76.2 Å². The predicted molar refractivity (Wildman–Crippen MR) is 150 cm³/mol. The van der Waals surface area contributed by atoms with Crippen LogP contribution in [0.15, 0.2) is 42.1 Å². The Labute approximate surface area is 229 Å². The molecule has 208 valence electrons. The van der Waals surface area contributed by atoms with Gasteiger partial charge in [-0.2, -0.15) is 0 Å². The molecule has 2 aromatic heterocycles. The van der Waals surface area contributed by atoms with Gasteiger partial charge in [-0.25, -0.2) is 4.98 Å². The lowest BCUT2D eigenvalue weighted by Crippen LogP contribution is -2.33. The zero-order valence-electron chi connectivity index (χ0n) is 23.7. The van der Waals surface area contributed by atoms with Crippen LogP contribution in [0.25, 0.3) is 11.4 Å². The fraction of sp³-hybridized carbons (Fsp3) is 0.433. The maximum absolute atomic E-state index is 13.5. The van der Waals surface area contributed by atoms with Gasteiger partial charge in [0.2, 0.25) is 0 Å². The van der Waals surface area contributed by atoms with E-state index in [-0.39, 0.29) is 17.0 Å². The highest BCUT2D eigenvalue weighted by atomic mass is 16.5. The Kier molecular flexibility index (Phi) is 8.60. The van der Waals surface area contributed by atoms with Crippen molar-refractivity contribution in [1.29, 1.82) is 0 Å². The minimum Gasteiger partial charge on any atom is -0.505 e. The van der Waals surface area contributed by atoms with Crippen molar-refractivity contribution in [2.24, 2.45) is 0 Å². The summed E-state index contributed by atoms with van der Waals surface area (Å²) in [6.07, 6.45) is 2.55. The molecule has 1 fully saturated rings. The molecule has 3 aromatic rings. The Morgan fingerprint density at radius 1 is 1.10 bits per heavy atom. The van der Waals surface area contributed by atoms with Crippen molar-refractivity contribution in [2.45, 2.75) is 47.1 Å². The van der Waals surface area contributed by atoms with Crippen LogP contribution in [0.4, 0.5) is 0 Å². The Morgan fingerprint density at radius 3 is 2.49 bits per heavy atom. The molecule has 0 saturated carbocycles. The largest absolute Gasteiger partial charge is 0.505 e. The van der Waals surface area contributed by atoms with Gasteiger partial charge >= 0.3 is 0 Å². The monoisotopic (exact) mass is 534 g/mol. The van der Waals surface area contributed by atoms with E-state index in [0.717, 1.165) is 25.2 Å². The van der Waals surface area contributed by atoms with E-state index in [4.69, 9.17) is 9.47 Å². The van der Waals surface area contributed by atoms with Gasteiger partial charge in [0.15, 0.2) is 17.3 Å². The van der Waals surface area contributed by atoms with E-state index in [1.807, 2.05) is 49.6 Å². The number of carbonyl (C=O) groups excluding carboxylic acids is 2. The quantitative estimate of drug-likeness (QED) is 0.220. The number of hydrogen-bond donors (Lipinski definition) is 1. The number of Topliss-reactive ketones (excluding diaryl/α,β-unsaturated/α-hetero) is 1. The predicted octanol–water partition coefficient (Wildman–Crippen LogP) is 4.51. The third-order valence-corrected chi connectivity index (χ3v) is 7.42. The fourth-order valence-corrected chi connectivity index (χ4v) is 5.26. The first-order chi connectivity index (χ1) is 18.8. The molecule has 4 rings (SSSR count). The van der Waals surface area contributed by atoms with E-state index in [9.17, 15) is 14.7 Å². The Hall–Kier alpha value is -3.85. The maximum Gasteiger partial charge on any atom is 0.295 e. The first kappa shape index (κ1) is 28.2. The molecule has 0 radical (unpaired) electrons. The zero-order valence-corrected chi connectivity index (χ0v) is 23.7. The standard InChI is InChI=1S/C30H38N4O5/c1-7-32(8-2)15-11-17-34-26(21-13-14-22(39-9-3)23(18-21)38-6)24(28(36)30(34)37)27(35)25-20(5)33-16-10-12-19(4)29(33)31-25/h10,12-14,16,18,26,35H,7-9,11,15,17H2,1-6H3/b27-24+. The van der Waals surface area contributed by atoms with Crippen LogP contribution in [0, 0.1) is 13.8 Å². The third-order valence-electron chi connectivity index (χ3n) is 7.42. The highest BCUT2D eigenvalue weighted by Crippen LogP contribution is 2.42. The molecule has 1 atom stereocenters. The number of aliphatic hydroxyl groups excluding tert-OH is 1. The number of nitrogens with zero attached hydrogens (tertiary/aromatic N) is 4. The topological polar surface area (TPSA) is 96.6 Å². The third kappa shape index (κ3) is 5.23. The lowest BCUT2D eigenvalue weighted by atomic mass is 9.96. The number of benzene rings is 1. The van der Waals surface area contributed by atoms with E-state index >= 15 is 0 Å². The first-order valence-corrected chi connectivity index (χ1v) is 13.5. The molecule has 39 heavy (non-hydrogen) atoms. The lowest BCUT2D eigenvalue weighted by molar-refractivity contribution is -0.140. The summed E-state index contributed by atoms with van der Waals surface area (Å²) < 4.78 is 13.1. The van der Waals surface area contributed by atoms with Crippen molar-refractivity contribution in [3.05, 3.63) is 64.6 Å². The normalized spacial score (nSPS) is 17.0. The van der Waals surface area contributed by atoms with Gasteiger partial charge in [0.1, 0.15) is 11.3 Å². The van der Waals surface area contributed by atoms with Crippen molar-refractivity contribution in [3.63, 3.8) is 0 Å². The average molecular weight is 535 g/mol. The number of methoxy groups -OCH3 is 1. The van der Waals surface area contributed by atoms with Crippen molar-refractivity contribution >= 4 is 23.1 Å². The highest BCUT2D eigenvalue weighted by Gasteiger charge is 2.46. The highest BCUT2D eigenvalue weighted by molar-refractivity contribution is 6.46. The Balaban J connectivity index is 1.85. The van der Waals surface area contributed by atoms with Gasteiger partial charge in [-0.3, -0.25) is 9.59 Å². The van der Waals surface area contributed by atoms with Crippen LogP contribution in [0.2, 0.25) is 0 Å². The molecule has 1 aliphatic rings. The van der Waals surface area contributed by atoms with Crippen LogP contribution < -0.4 is 9.47 Å². The second-order valence-corrected chi connectivity index (χ2v) is 9.65. The van der Waals surface area contributed by atoms with Crippen LogP contribution in [-0.2, 0) is 9.59 Å². The summed E-state index contributed by atoms with van der Waals surface area (Å²) in [5, 5.41) is 11.6. The molecule has 9 heteroatoms. The number of fused-ring (bicyclic) bond motifs is 1. The van der Waals surface area contributed by atoms with Gasteiger partial charge in [0.25, 0.3) is 11.7 Å². The molecule has 1 aromatic carbocycles. The number of pyridine rings is 1. The van der Waals surface area contributed by atoms with Gasteiger partial charge in [0.05, 0.1) is 31.0 Å². The molecule has 0 bridgehead atoms. The molecule has 9 nitrogen and oxygen atoms in total. The van der Waals surface area contributed by atoms with Crippen molar-refractivity contribution in [1.82, 2.24) is 19.2 Å². The summed E-state index contributed by atoms with van der Waals surface area (Å²) in [5.74, 6) is -0.581. The Morgan fingerprint density at radius 2 is 1.85 bits per heavy atom. The van der Waals surface area contributed by atoms with E-state index in [1.165, 1.54) is 0 Å². The number of likely N-dealkylation sites (tertiary alicyclic amines) is 1. The number of amides is 1. The Bertz CT molecular complexity index is 1410. The number of aliphatic hydroxyl groups is 1. The smallest absolute Gasteiger partial charge is 0.295 e. The van der Waals surface area contributed by atoms with Crippen LogP contribution >= 0.6 is 0 Å². The van der Waals surface area contributed by atoms with Gasteiger partial charge in [-0.15, -0.1) is 0 Å². The number of aromatic nitrogens is 2. The summed E-state index contributed by atoms with van der Waals surface area (Å²) in [4.78, 5) is 35.5. The molecule has 1 unspecified atom stereocenters. The van der Waals surface area contributed by atoms with Gasteiger partial charge < -0.3 is 28.8 Å².